The van der Waals surface area contributed by atoms with Gasteiger partial charge in [-0.2, -0.15) is 0 Å². The van der Waals surface area contributed by atoms with Crippen LogP contribution in [0.1, 0.15) is 49.5 Å². The minimum atomic E-state index is -0.411. The van der Waals surface area contributed by atoms with E-state index in [0.29, 0.717) is 17.9 Å². The third-order valence-electron chi connectivity index (χ3n) is 3.65. The van der Waals surface area contributed by atoms with E-state index >= 15 is 0 Å². The number of hydrogen-bond acceptors (Lipinski definition) is 4. The van der Waals surface area contributed by atoms with Crippen LogP contribution in [0.25, 0.3) is 10.8 Å². The second-order valence-electron chi connectivity index (χ2n) is 5.36. The molecule has 2 aromatic rings. The zero-order valence-corrected chi connectivity index (χ0v) is 13.8. The normalized spacial score (nSPS) is 10.6. The summed E-state index contributed by atoms with van der Waals surface area (Å²) < 4.78 is 10.5. The van der Waals surface area contributed by atoms with Gasteiger partial charge in [0.25, 0.3) is 0 Å². The fourth-order valence-corrected chi connectivity index (χ4v) is 2.66. The largest absolute Gasteiger partial charge is 0.462 e. The molecule has 0 bridgehead atoms. The van der Waals surface area contributed by atoms with Gasteiger partial charge in [0.05, 0.1) is 12.2 Å². The molecule has 0 unspecified atom stereocenters. The Labute approximate surface area is 136 Å². The Hall–Kier alpha value is -2.36. The van der Waals surface area contributed by atoms with Crippen LogP contribution in [0.5, 0.6) is 5.75 Å². The molecule has 0 amide bonds. The third-order valence-corrected chi connectivity index (χ3v) is 3.65. The highest BCUT2D eigenvalue weighted by Crippen LogP contribution is 2.33. The van der Waals surface area contributed by atoms with E-state index in [2.05, 4.69) is 6.92 Å². The van der Waals surface area contributed by atoms with Crippen molar-refractivity contribution in [1.29, 1.82) is 0 Å². The van der Waals surface area contributed by atoms with Crippen molar-refractivity contribution in [3.63, 3.8) is 0 Å². The van der Waals surface area contributed by atoms with Crippen LogP contribution in [0.2, 0.25) is 0 Å². The summed E-state index contributed by atoms with van der Waals surface area (Å²) >= 11 is 0. The molecule has 0 saturated heterocycles. The topological polar surface area (TPSA) is 52.6 Å². The molecule has 0 spiro atoms. The van der Waals surface area contributed by atoms with Gasteiger partial charge in [-0.05, 0) is 36.8 Å². The predicted octanol–water partition coefficient (Wildman–Crippen LogP) is 4.28. The maximum Gasteiger partial charge on any atom is 0.338 e. The molecule has 0 N–H and O–H groups in total. The third kappa shape index (κ3) is 3.89. The van der Waals surface area contributed by atoms with Crippen LogP contribution in [0.4, 0.5) is 0 Å². The van der Waals surface area contributed by atoms with Gasteiger partial charge in [-0.1, -0.05) is 37.6 Å². The highest BCUT2D eigenvalue weighted by Gasteiger charge is 2.19. The minimum Gasteiger partial charge on any atom is -0.462 e. The summed E-state index contributed by atoms with van der Waals surface area (Å²) in [5.41, 5.74) is 1.44. The van der Waals surface area contributed by atoms with E-state index in [1.54, 1.807) is 13.0 Å². The van der Waals surface area contributed by atoms with Gasteiger partial charge in [-0.15, -0.1) is 0 Å². The van der Waals surface area contributed by atoms with Crippen LogP contribution in [-0.2, 0) is 16.0 Å². The van der Waals surface area contributed by atoms with Crippen molar-refractivity contribution in [2.45, 2.75) is 40.0 Å². The highest BCUT2D eigenvalue weighted by molar-refractivity contribution is 6.02. The molecule has 0 radical (unpaired) electrons. The zero-order valence-electron chi connectivity index (χ0n) is 13.8. The number of carbonyl (C=O) groups excluding carboxylic acids is 2. The summed E-state index contributed by atoms with van der Waals surface area (Å²) in [4.78, 5) is 23.7. The van der Waals surface area contributed by atoms with Gasteiger partial charge in [0.15, 0.2) is 0 Å². The monoisotopic (exact) mass is 314 g/mol. The quantitative estimate of drug-likeness (QED) is 0.590. The summed E-state index contributed by atoms with van der Waals surface area (Å²) in [6.07, 6.45) is 2.79. The van der Waals surface area contributed by atoms with Crippen molar-refractivity contribution in [3.05, 3.63) is 41.5 Å². The first-order valence-corrected chi connectivity index (χ1v) is 7.98. The van der Waals surface area contributed by atoms with E-state index in [0.717, 1.165) is 35.6 Å². The molecule has 2 aromatic carbocycles. The molecule has 0 saturated carbocycles. The fraction of sp³-hybridized carbons (Fsp3) is 0.368. The molecule has 0 atom stereocenters. The molecule has 4 heteroatoms. The lowest BCUT2D eigenvalue weighted by Gasteiger charge is -2.15. The molecule has 23 heavy (non-hydrogen) atoms. The molecule has 0 aliphatic carbocycles. The summed E-state index contributed by atoms with van der Waals surface area (Å²) in [5, 5.41) is 1.77. The Bertz CT molecular complexity index is 719. The average Bonchev–Trinajstić information content (AvgIpc) is 2.53. The number of rotatable bonds is 6. The van der Waals surface area contributed by atoms with Crippen molar-refractivity contribution in [2.75, 3.05) is 6.61 Å². The number of fused-ring (bicyclic) bond motifs is 1. The number of aryl methyl sites for hydroxylation is 1. The molecular weight excluding hydrogens is 292 g/mol. The highest BCUT2D eigenvalue weighted by atomic mass is 16.5. The van der Waals surface area contributed by atoms with Crippen molar-refractivity contribution in [3.8, 4) is 5.75 Å². The van der Waals surface area contributed by atoms with E-state index in [4.69, 9.17) is 9.47 Å². The molecule has 0 heterocycles. The SMILES string of the molecule is CCCCc1c(C(=O)OCC)cc(OC(C)=O)c2ccccc12. The summed E-state index contributed by atoms with van der Waals surface area (Å²) in [6.45, 7) is 5.54. The first-order chi connectivity index (χ1) is 11.1. The van der Waals surface area contributed by atoms with E-state index in [-0.39, 0.29) is 5.97 Å². The zero-order chi connectivity index (χ0) is 16.8. The van der Waals surface area contributed by atoms with Crippen LogP contribution in [0, 0.1) is 0 Å². The van der Waals surface area contributed by atoms with Gasteiger partial charge < -0.3 is 9.47 Å². The maximum atomic E-state index is 12.3. The van der Waals surface area contributed by atoms with Crippen LogP contribution in [-0.4, -0.2) is 18.5 Å². The van der Waals surface area contributed by atoms with E-state index in [1.165, 1.54) is 6.92 Å². The Kier molecular flexibility index (Phi) is 5.74. The van der Waals surface area contributed by atoms with Gasteiger partial charge in [0, 0.05) is 12.3 Å². The number of benzene rings is 2. The molecule has 0 aromatic heterocycles. The molecular formula is C19H22O4. The first-order valence-electron chi connectivity index (χ1n) is 7.98. The fourth-order valence-electron chi connectivity index (χ4n) is 2.66. The van der Waals surface area contributed by atoms with Crippen molar-refractivity contribution < 1.29 is 19.1 Å². The van der Waals surface area contributed by atoms with Gasteiger partial charge in [0.1, 0.15) is 5.75 Å². The van der Waals surface area contributed by atoms with Gasteiger partial charge in [-0.3, -0.25) is 4.79 Å². The van der Waals surface area contributed by atoms with Gasteiger partial charge in [0.2, 0.25) is 0 Å². The Morgan fingerprint density at radius 3 is 2.39 bits per heavy atom. The molecule has 4 nitrogen and oxygen atoms in total. The average molecular weight is 314 g/mol. The molecule has 0 aliphatic rings. The summed E-state index contributed by atoms with van der Waals surface area (Å²) in [5.74, 6) is -0.388. The first kappa shape index (κ1) is 17.0. The number of unbranched alkanes of at least 4 members (excludes halogenated alkanes) is 1. The van der Waals surface area contributed by atoms with Crippen molar-refractivity contribution in [2.24, 2.45) is 0 Å². The van der Waals surface area contributed by atoms with E-state index in [9.17, 15) is 9.59 Å². The van der Waals surface area contributed by atoms with Crippen molar-refractivity contribution in [1.82, 2.24) is 0 Å². The molecule has 0 aliphatic heterocycles. The lowest BCUT2D eigenvalue weighted by Crippen LogP contribution is -2.11. The van der Waals surface area contributed by atoms with E-state index in [1.807, 2.05) is 24.3 Å². The second-order valence-corrected chi connectivity index (χ2v) is 5.36. The maximum absolute atomic E-state index is 12.3. The lowest BCUT2D eigenvalue weighted by atomic mass is 9.94. The number of ether oxygens (including phenoxy) is 2. The lowest BCUT2D eigenvalue weighted by molar-refractivity contribution is -0.131. The molecule has 2 rings (SSSR count). The van der Waals surface area contributed by atoms with E-state index < -0.39 is 5.97 Å². The van der Waals surface area contributed by atoms with Crippen LogP contribution >= 0.6 is 0 Å². The van der Waals surface area contributed by atoms with Crippen LogP contribution < -0.4 is 4.74 Å². The number of esters is 2. The van der Waals surface area contributed by atoms with Gasteiger partial charge in [-0.25, -0.2) is 4.79 Å². The van der Waals surface area contributed by atoms with Crippen LogP contribution in [0.3, 0.4) is 0 Å². The Morgan fingerprint density at radius 1 is 1.09 bits per heavy atom. The smallest absolute Gasteiger partial charge is 0.338 e. The van der Waals surface area contributed by atoms with Crippen LogP contribution in [0.15, 0.2) is 30.3 Å². The Morgan fingerprint density at radius 2 is 1.78 bits per heavy atom. The van der Waals surface area contributed by atoms with Gasteiger partial charge >= 0.3 is 11.9 Å². The second kappa shape index (κ2) is 7.77. The number of carbonyl (C=O) groups is 2. The standard InChI is InChI=1S/C19H22O4/c1-4-6-9-15-14-10-7-8-11-16(14)18(23-13(3)20)12-17(15)19(21)22-5-2/h7-8,10-12H,4-6,9H2,1-3H3. The Balaban J connectivity index is 2.68. The summed E-state index contributed by atoms with van der Waals surface area (Å²) in [7, 11) is 0. The molecule has 122 valence electrons. The molecule has 0 fully saturated rings. The number of hydrogen-bond donors (Lipinski definition) is 0. The summed E-state index contributed by atoms with van der Waals surface area (Å²) in [6, 6.07) is 9.30. The predicted molar refractivity (Wildman–Crippen MR) is 89.8 cm³/mol. The van der Waals surface area contributed by atoms with Crippen molar-refractivity contribution >= 4 is 22.7 Å². The minimum absolute atomic E-state index is 0.307.